The summed E-state index contributed by atoms with van der Waals surface area (Å²) in [6.07, 6.45) is 3.73. The van der Waals surface area contributed by atoms with E-state index in [4.69, 9.17) is 11.6 Å². The molecule has 0 bridgehead atoms. The second kappa shape index (κ2) is 5.83. The molecule has 1 aromatic heterocycles. The summed E-state index contributed by atoms with van der Waals surface area (Å²) < 4.78 is 0.901. The molecule has 0 amide bonds. The highest BCUT2D eigenvalue weighted by Gasteiger charge is 2.03. The van der Waals surface area contributed by atoms with Crippen LogP contribution in [0.1, 0.15) is 6.92 Å². The Morgan fingerprint density at radius 2 is 2.43 bits per heavy atom. The van der Waals surface area contributed by atoms with E-state index in [2.05, 4.69) is 39.4 Å². The Morgan fingerprint density at radius 3 is 3.00 bits per heavy atom. The van der Waals surface area contributed by atoms with Crippen molar-refractivity contribution in [3.8, 4) is 0 Å². The standard InChI is InChI=1S/C9H12BrClN2S/c1-6(14-2)4-12-9-8(10)3-7(11)5-13-9/h3,5-6H,4H2,1-2H3,(H,12,13). The maximum atomic E-state index is 5.78. The van der Waals surface area contributed by atoms with Gasteiger partial charge in [0.2, 0.25) is 0 Å². The summed E-state index contributed by atoms with van der Waals surface area (Å²) in [6.45, 7) is 3.07. The predicted octanol–water partition coefficient (Wildman–Crippen LogP) is 3.66. The summed E-state index contributed by atoms with van der Waals surface area (Å²) in [5, 5.41) is 4.46. The Kier molecular flexibility index (Phi) is 5.06. The van der Waals surface area contributed by atoms with E-state index in [0.29, 0.717) is 10.3 Å². The third-order valence-corrected chi connectivity index (χ3v) is 3.55. The fourth-order valence-corrected chi connectivity index (χ4v) is 1.90. The minimum atomic E-state index is 0.569. The number of halogens is 2. The smallest absolute Gasteiger partial charge is 0.140 e. The first-order chi connectivity index (χ1) is 6.63. The number of hydrogen-bond acceptors (Lipinski definition) is 3. The molecule has 0 fully saturated rings. The van der Waals surface area contributed by atoms with Gasteiger partial charge in [-0.05, 0) is 28.3 Å². The Morgan fingerprint density at radius 1 is 1.71 bits per heavy atom. The summed E-state index contributed by atoms with van der Waals surface area (Å²) in [6, 6.07) is 1.83. The quantitative estimate of drug-likeness (QED) is 0.917. The van der Waals surface area contributed by atoms with Gasteiger partial charge in [0.05, 0.1) is 9.50 Å². The molecule has 1 aromatic rings. The van der Waals surface area contributed by atoms with Gasteiger partial charge in [0.15, 0.2) is 0 Å². The zero-order chi connectivity index (χ0) is 10.6. The molecule has 1 atom stereocenters. The van der Waals surface area contributed by atoms with Crippen LogP contribution in [-0.4, -0.2) is 23.0 Å². The van der Waals surface area contributed by atoms with E-state index in [1.54, 1.807) is 6.20 Å². The van der Waals surface area contributed by atoms with Crippen molar-refractivity contribution in [3.05, 3.63) is 21.8 Å². The van der Waals surface area contributed by atoms with Gasteiger partial charge in [-0.3, -0.25) is 0 Å². The van der Waals surface area contributed by atoms with Crippen LogP contribution >= 0.6 is 39.3 Å². The molecule has 1 unspecified atom stereocenters. The average Bonchev–Trinajstić information content (AvgIpc) is 2.16. The molecular formula is C9H12BrClN2S. The van der Waals surface area contributed by atoms with Gasteiger partial charge in [-0.15, -0.1) is 0 Å². The van der Waals surface area contributed by atoms with E-state index in [-0.39, 0.29) is 0 Å². The molecule has 0 aliphatic carbocycles. The van der Waals surface area contributed by atoms with Gasteiger partial charge in [0.1, 0.15) is 5.82 Å². The van der Waals surface area contributed by atoms with Crippen LogP contribution in [0.3, 0.4) is 0 Å². The fraction of sp³-hybridized carbons (Fsp3) is 0.444. The van der Waals surface area contributed by atoms with E-state index in [1.165, 1.54) is 0 Å². The van der Waals surface area contributed by atoms with E-state index < -0.39 is 0 Å². The third-order valence-electron chi connectivity index (χ3n) is 1.77. The molecule has 0 aliphatic rings. The molecule has 0 saturated heterocycles. The maximum Gasteiger partial charge on any atom is 0.140 e. The first kappa shape index (κ1) is 12.1. The van der Waals surface area contributed by atoms with Gasteiger partial charge in [-0.25, -0.2) is 4.98 Å². The van der Waals surface area contributed by atoms with E-state index in [1.807, 2.05) is 17.8 Å². The summed E-state index contributed by atoms with van der Waals surface area (Å²) in [4.78, 5) is 4.18. The molecular weight excluding hydrogens is 284 g/mol. The fourth-order valence-electron chi connectivity index (χ4n) is 0.868. The first-order valence-electron chi connectivity index (χ1n) is 4.21. The first-order valence-corrected chi connectivity index (χ1v) is 6.67. The number of rotatable bonds is 4. The van der Waals surface area contributed by atoms with Crippen molar-refractivity contribution >= 4 is 45.1 Å². The monoisotopic (exact) mass is 294 g/mol. The second-order valence-electron chi connectivity index (χ2n) is 2.91. The zero-order valence-corrected chi connectivity index (χ0v) is 11.2. The Labute approximate surface area is 102 Å². The largest absolute Gasteiger partial charge is 0.368 e. The molecule has 14 heavy (non-hydrogen) atoms. The van der Waals surface area contributed by atoms with Gasteiger partial charge < -0.3 is 5.32 Å². The number of thioether (sulfide) groups is 1. The lowest BCUT2D eigenvalue weighted by molar-refractivity contribution is 0.990. The second-order valence-corrected chi connectivity index (χ2v) is 5.48. The lowest BCUT2D eigenvalue weighted by Crippen LogP contribution is -2.13. The van der Waals surface area contributed by atoms with Gasteiger partial charge in [0, 0.05) is 18.0 Å². The van der Waals surface area contributed by atoms with Crippen molar-refractivity contribution in [1.29, 1.82) is 0 Å². The van der Waals surface area contributed by atoms with Crippen molar-refractivity contribution in [1.82, 2.24) is 4.98 Å². The van der Waals surface area contributed by atoms with Gasteiger partial charge >= 0.3 is 0 Å². The molecule has 0 saturated carbocycles. The molecule has 0 aromatic carbocycles. The maximum absolute atomic E-state index is 5.78. The number of anilines is 1. The summed E-state index contributed by atoms with van der Waals surface area (Å²) >= 11 is 11.0. The SMILES string of the molecule is CSC(C)CNc1ncc(Cl)cc1Br. The summed E-state index contributed by atoms with van der Waals surface area (Å²) in [5.41, 5.74) is 0. The minimum absolute atomic E-state index is 0.569. The van der Waals surface area contributed by atoms with E-state index >= 15 is 0 Å². The van der Waals surface area contributed by atoms with Crippen molar-refractivity contribution in [3.63, 3.8) is 0 Å². The van der Waals surface area contributed by atoms with Crippen LogP contribution in [0, 0.1) is 0 Å². The number of hydrogen-bond donors (Lipinski definition) is 1. The highest BCUT2D eigenvalue weighted by molar-refractivity contribution is 9.10. The average molecular weight is 296 g/mol. The zero-order valence-electron chi connectivity index (χ0n) is 8.05. The van der Waals surface area contributed by atoms with Crippen molar-refractivity contribution in [2.45, 2.75) is 12.2 Å². The number of nitrogens with zero attached hydrogens (tertiary/aromatic N) is 1. The highest BCUT2D eigenvalue weighted by Crippen LogP contribution is 2.23. The third kappa shape index (κ3) is 3.67. The summed E-state index contributed by atoms with van der Waals surface area (Å²) in [7, 11) is 0. The number of aromatic nitrogens is 1. The topological polar surface area (TPSA) is 24.9 Å². The van der Waals surface area contributed by atoms with Crippen LogP contribution in [0.4, 0.5) is 5.82 Å². The number of pyridine rings is 1. The van der Waals surface area contributed by atoms with Crippen molar-refractivity contribution in [2.24, 2.45) is 0 Å². The molecule has 0 radical (unpaired) electrons. The highest BCUT2D eigenvalue weighted by atomic mass is 79.9. The molecule has 1 N–H and O–H groups in total. The Balaban J connectivity index is 2.59. The molecule has 0 aliphatic heterocycles. The lowest BCUT2D eigenvalue weighted by Gasteiger charge is -2.11. The van der Waals surface area contributed by atoms with Crippen LogP contribution in [0.5, 0.6) is 0 Å². The Hall–Kier alpha value is 0.0700. The van der Waals surface area contributed by atoms with E-state index in [9.17, 15) is 0 Å². The van der Waals surface area contributed by atoms with Crippen molar-refractivity contribution in [2.75, 3.05) is 18.1 Å². The van der Waals surface area contributed by atoms with Crippen LogP contribution in [0.2, 0.25) is 5.02 Å². The van der Waals surface area contributed by atoms with Crippen LogP contribution in [0.25, 0.3) is 0 Å². The normalized spacial score (nSPS) is 12.6. The predicted molar refractivity (Wildman–Crippen MR) is 68.4 cm³/mol. The van der Waals surface area contributed by atoms with Crippen LogP contribution < -0.4 is 5.32 Å². The number of nitrogens with one attached hydrogen (secondary N) is 1. The molecule has 5 heteroatoms. The van der Waals surface area contributed by atoms with Gasteiger partial charge in [-0.2, -0.15) is 11.8 Å². The molecule has 1 heterocycles. The van der Waals surface area contributed by atoms with Gasteiger partial charge in [0.25, 0.3) is 0 Å². The lowest BCUT2D eigenvalue weighted by atomic mass is 10.4. The van der Waals surface area contributed by atoms with Crippen LogP contribution in [-0.2, 0) is 0 Å². The minimum Gasteiger partial charge on any atom is -0.368 e. The summed E-state index contributed by atoms with van der Waals surface area (Å²) in [5.74, 6) is 0.843. The molecule has 2 nitrogen and oxygen atoms in total. The molecule has 0 spiro atoms. The van der Waals surface area contributed by atoms with Gasteiger partial charge in [-0.1, -0.05) is 18.5 Å². The van der Waals surface area contributed by atoms with Crippen LogP contribution in [0.15, 0.2) is 16.7 Å². The molecule has 78 valence electrons. The van der Waals surface area contributed by atoms with Crippen molar-refractivity contribution < 1.29 is 0 Å². The Bertz CT molecular complexity index is 309. The van der Waals surface area contributed by atoms with E-state index in [0.717, 1.165) is 16.8 Å². The molecule has 1 rings (SSSR count).